The number of rotatable bonds is 60. The molecular weight excluding hydrogens is 1050 g/mol. The predicted octanol–water partition coefficient (Wildman–Crippen LogP) is 21.6. The van der Waals surface area contributed by atoms with Crippen molar-refractivity contribution >= 4 is 19.8 Å². The molecule has 0 aromatic rings. The Bertz CT molecular complexity index is 1920. The van der Waals surface area contributed by atoms with Crippen molar-refractivity contribution in [3.8, 4) is 0 Å². The predicted molar refractivity (Wildman–Crippen MR) is 357 cm³/mol. The lowest BCUT2D eigenvalue weighted by molar-refractivity contribution is -0.161. The lowest BCUT2D eigenvalue weighted by Crippen LogP contribution is -2.29. The molecule has 10 heteroatoms. The van der Waals surface area contributed by atoms with Crippen LogP contribution in [-0.4, -0.2) is 49.3 Å². The number of hydrogen-bond donors (Lipinski definition) is 2. The smallest absolute Gasteiger partial charge is 0.462 e. The Labute approximate surface area is 509 Å². The maximum atomic E-state index is 12.8. The van der Waals surface area contributed by atoms with Gasteiger partial charge in [-0.2, -0.15) is 0 Å². The average Bonchev–Trinajstić information content (AvgIpc) is 3.48. The van der Waals surface area contributed by atoms with Gasteiger partial charge in [-0.25, -0.2) is 4.57 Å². The first-order valence-electron chi connectivity index (χ1n) is 33.0. The molecule has 0 heterocycles. The summed E-state index contributed by atoms with van der Waals surface area (Å²) in [5.41, 5.74) is 5.40. The zero-order valence-corrected chi connectivity index (χ0v) is 53.5. The molecule has 2 unspecified atom stereocenters. The second-order valence-electron chi connectivity index (χ2n) is 21.2. The fraction of sp³-hybridized carbons (Fsp3) is 0.616. The molecule has 0 amide bonds. The van der Waals surface area contributed by atoms with Gasteiger partial charge in [0.15, 0.2) is 6.10 Å². The van der Waals surface area contributed by atoms with E-state index >= 15 is 0 Å². The van der Waals surface area contributed by atoms with Gasteiger partial charge in [-0.3, -0.25) is 18.6 Å². The maximum absolute atomic E-state index is 12.8. The molecule has 0 bridgehead atoms. The lowest BCUT2D eigenvalue weighted by atomic mass is 10.0. The summed E-state index contributed by atoms with van der Waals surface area (Å²) < 4.78 is 33.1. The quantitative estimate of drug-likeness (QED) is 0.0264. The van der Waals surface area contributed by atoms with Crippen LogP contribution < -0.4 is 5.73 Å². The molecule has 3 N–H and O–H groups in total. The molecular formula is C73H120NO8P. The Morgan fingerprint density at radius 2 is 0.627 bits per heavy atom. The van der Waals surface area contributed by atoms with E-state index in [1.165, 1.54) is 83.5 Å². The minimum atomic E-state index is -4.40. The summed E-state index contributed by atoms with van der Waals surface area (Å²) in [7, 11) is -4.40. The Balaban J connectivity index is 3.99. The molecule has 0 fully saturated rings. The van der Waals surface area contributed by atoms with Gasteiger partial charge in [0.05, 0.1) is 13.2 Å². The first-order valence-corrected chi connectivity index (χ1v) is 34.5. The van der Waals surface area contributed by atoms with Crippen LogP contribution in [0.2, 0.25) is 0 Å². The van der Waals surface area contributed by atoms with Gasteiger partial charge in [-0.15, -0.1) is 0 Å². The summed E-state index contributed by atoms with van der Waals surface area (Å²) in [6, 6.07) is 0. The molecule has 0 aromatic carbocycles. The first kappa shape index (κ1) is 78.6. The van der Waals surface area contributed by atoms with Crippen molar-refractivity contribution < 1.29 is 37.6 Å². The van der Waals surface area contributed by atoms with Crippen LogP contribution >= 0.6 is 7.82 Å². The third-order valence-electron chi connectivity index (χ3n) is 13.4. The van der Waals surface area contributed by atoms with Crippen molar-refractivity contribution in [3.63, 3.8) is 0 Å². The van der Waals surface area contributed by atoms with E-state index < -0.39 is 26.5 Å². The van der Waals surface area contributed by atoms with Gasteiger partial charge in [0.1, 0.15) is 6.61 Å². The van der Waals surface area contributed by atoms with Crippen LogP contribution in [0.5, 0.6) is 0 Å². The first-order chi connectivity index (χ1) is 40.8. The number of nitrogens with two attached hydrogens (primary N) is 1. The van der Waals surface area contributed by atoms with Crippen molar-refractivity contribution in [2.24, 2.45) is 5.73 Å². The molecule has 470 valence electrons. The standard InChI is InChI=1S/C73H120NO8P/c1-3-5-7-9-11-13-15-17-19-21-23-25-27-29-31-32-33-34-35-36-37-38-40-42-44-46-48-50-52-54-56-58-60-62-64-66-73(76)82-71(70-81-83(77,78)80-68-67-74)69-79-72(75)65-63-61-59-57-55-53-51-49-47-45-43-41-39-30-28-26-24-22-20-18-16-14-12-10-8-6-4-2/h5-8,11-14,17-20,23-26,29-31,33-34,36-37,39-40,42,71H,3-4,9-10,15-16,21-22,27-28,32,35,38,41,43-70,74H2,1-2H3,(H,77,78)/b7-5-,8-6-,13-11-,14-12-,19-17-,20-18-,25-23-,26-24-,31-29-,34-33-,37-36-,39-30-,42-40-. The third-order valence-corrected chi connectivity index (χ3v) is 14.4. The largest absolute Gasteiger partial charge is 0.472 e. The van der Waals surface area contributed by atoms with E-state index in [0.717, 1.165) is 141 Å². The number of hydrogen-bond acceptors (Lipinski definition) is 8. The summed E-state index contributed by atoms with van der Waals surface area (Å²) in [6.45, 7) is 3.50. The molecule has 0 aliphatic carbocycles. The monoisotopic (exact) mass is 1170 g/mol. The van der Waals surface area contributed by atoms with Crippen molar-refractivity contribution in [1.29, 1.82) is 0 Å². The molecule has 0 spiro atoms. The van der Waals surface area contributed by atoms with Crippen LogP contribution in [0.25, 0.3) is 0 Å². The molecule has 0 aliphatic heterocycles. The number of esters is 2. The van der Waals surface area contributed by atoms with E-state index in [1.54, 1.807) is 0 Å². The van der Waals surface area contributed by atoms with E-state index in [9.17, 15) is 19.0 Å². The van der Waals surface area contributed by atoms with Crippen LogP contribution in [0.3, 0.4) is 0 Å². The van der Waals surface area contributed by atoms with E-state index in [-0.39, 0.29) is 38.6 Å². The minimum absolute atomic E-state index is 0.0447. The summed E-state index contributed by atoms with van der Waals surface area (Å²) in [5, 5.41) is 0. The van der Waals surface area contributed by atoms with Gasteiger partial charge in [0, 0.05) is 19.4 Å². The number of phosphoric ester groups is 1. The number of phosphoric acid groups is 1. The summed E-state index contributed by atoms with van der Waals surface area (Å²) >= 11 is 0. The fourth-order valence-electron chi connectivity index (χ4n) is 8.62. The van der Waals surface area contributed by atoms with E-state index in [1.807, 2.05) is 0 Å². The number of unbranched alkanes of at least 4 members (excludes halogenated alkanes) is 21. The minimum Gasteiger partial charge on any atom is -0.462 e. The fourth-order valence-corrected chi connectivity index (χ4v) is 9.39. The highest BCUT2D eigenvalue weighted by Gasteiger charge is 2.26. The lowest BCUT2D eigenvalue weighted by Gasteiger charge is -2.19. The van der Waals surface area contributed by atoms with Gasteiger partial charge >= 0.3 is 19.8 Å². The van der Waals surface area contributed by atoms with Gasteiger partial charge in [-0.05, 0) is 122 Å². The van der Waals surface area contributed by atoms with Gasteiger partial charge in [0.25, 0.3) is 0 Å². The molecule has 0 rings (SSSR count). The topological polar surface area (TPSA) is 134 Å². The SMILES string of the molecule is CC/C=C\C/C=C\C/C=C\C/C=C\C/C=C\C/C=C\C/C=C\C/C=C\CCCCCCCCCCCCC(=O)OC(COC(=O)CCCCCCCCCCCCC/C=C\C/C=C\C/C=C\C/C=C\C/C=C\CC)COP(=O)(O)OCCN. The molecule has 2 atom stereocenters. The molecule has 9 nitrogen and oxygen atoms in total. The van der Waals surface area contributed by atoms with Crippen molar-refractivity contribution in [3.05, 3.63) is 158 Å². The molecule has 0 aromatic heterocycles. The second kappa shape index (κ2) is 66.8. The number of carbonyl (C=O) groups excluding carboxylic acids is 2. The number of ether oxygens (including phenoxy) is 2. The average molecular weight is 1170 g/mol. The van der Waals surface area contributed by atoms with Crippen LogP contribution in [0.4, 0.5) is 0 Å². The van der Waals surface area contributed by atoms with E-state index in [0.29, 0.717) is 6.42 Å². The van der Waals surface area contributed by atoms with Crippen molar-refractivity contribution in [2.45, 2.75) is 264 Å². The third kappa shape index (κ3) is 66.6. The van der Waals surface area contributed by atoms with Crippen LogP contribution in [0.15, 0.2) is 158 Å². The Morgan fingerprint density at radius 3 is 0.928 bits per heavy atom. The van der Waals surface area contributed by atoms with Crippen molar-refractivity contribution in [2.75, 3.05) is 26.4 Å². The highest BCUT2D eigenvalue weighted by molar-refractivity contribution is 7.47. The van der Waals surface area contributed by atoms with Gasteiger partial charge < -0.3 is 20.1 Å². The molecule has 0 saturated carbocycles. The summed E-state index contributed by atoms with van der Waals surface area (Å²) in [5.74, 6) is -0.843. The maximum Gasteiger partial charge on any atom is 0.472 e. The van der Waals surface area contributed by atoms with E-state index in [2.05, 4.69) is 172 Å². The van der Waals surface area contributed by atoms with Gasteiger partial charge in [-0.1, -0.05) is 281 Å². The zero-order valence-electron chi connectivity index (χ0n) is 52.6. The normalized spacial score (nSPS) is 14.0. The Hall–Kier alpha value is -4.37. The zero-order chi connectivity index (χ0) is 60.1. The number of carbonyl (C=O) groups is 2. The molecule has 83 heavy (non-hydrogen) atoms. The van der Waals surface area contributed by atoms with E-state index in [4.69, 9.17) is 24.3 Å². The van der Waals surface area contributed by atoms with Crippen LogP contribution in [0.1, 0.15) is 258 Å². The number of allylic oxidation sites excluding steroid dienone is 26. The second-order valence-corrected chi connectivity index (χ2v) is 22.7. The van der Waals surface area contributed by atoms with Gasteiger partial charge in [0.2, 0.25) is 0 Å². The summed E-state index contributed by atoms with van der Waals surface area (Å²) in [6.07, 6.45) is 97.4. The Morgan fingerprint density at radius 1 is 0.361 bits per heavy atom. The Kier molecular flexibility index (Phi) is 63.3. The van der Waals surface area contributed by atoms with Crippen LogP contribution in [0, 0.1) is 0 Å². The van der Waals surface area contributed by atoms with Crippen molar-refractivity contribution in [1.82, 2.24) is 0 Å². The summed E-state index contributed by atoms with van der Waals surface area (Å²) in [4.78, 5) is 35.3. The van der Waals surface area contributed by atoms with Crippen LogP contribution in [-0.2, 0) is 32.7 Å². The molecule has 0 aliphatic rings. The highest BCUT2D eigenvalue weighted by Crippen LogP contribution is 2.43. The highest BCUT2D eigenvalue weighted by atomic mass is 31.2. The molecule has 0 radical (unpaired) electrons. The molecule has 0 saturated heterocycles.